The van der Waals surface area contributed by atoms with E-state index in [1.54, 1.807) is 17.1 Å². The standard InChI is InChI=1S/C15H17Cl2N3O2/c1-2-15-21-7-14(22-15)13(20-9-18-8-19-20)5-10-3-4-11(16)6-12(10)17/h3-4,6,8-9,13-15H,2,5,7H2,1H3. The molecule has 1 aromatic carbocycles. The summed E-state index contributed by atoms with van der Waals surface area (Å²) in [5.41, 5.74) is 0.995. The van der Waals surface area contributed by atoms with E-state index in [9.17, 15) is 0 Å². The fraction of sp³-hybridized carbons (Fsp3) is 0.467. The van der Waals surface area contributed by atoms with Crippen molar-refractivity contribution >= 4 is 23.2 Å². The third-order valence-corrected chi connectivity index (χ3v) is 4.34. The van der Waals surface area contributed by atoms with Crippen LogP contribution in [0.25, 0.3) is 0 Å². The Hall–Kier alpha value is -1.14. The molecule has 3 rings (SSSR count). The van der Waals surface area contributed by atoms with Crippen LogP contribution >= 0.6 is 23.2 Å². The Kier molecular flexibility index (Phi) is 4.98. The predicted molar refractivity (Wildman–Crippen MR) is 84.1 cm³/mol. The van der Waals surface area contributed by atoms with Crippen molar-refractivity contribution in [1.29, 1.82) is 0 Å². The van der Waals surface area contributed by atoms with Gasteiger partial charge in [-0.05, 0) is 30.5 Å². The first-order valence-electron chi connectivity index (χ1n) is 7.22. The van der Waals surface area contributed by atoms with E-state index in [-0.39, 0.29) is 18.4 Å². The lowest BCUT2D eigenvalue weighted by molar-refractivity contribution is -0.0672. The van der Waals surface area contributed by atoms with Crippen molar-refractivity contribution in [1.82, 2.24) is 14.8 Å². The second-order valence-corrected chi connectivity index (χ2v) is 6.07. The van der Waals surface area contributed by atoms with E-state index in [1.165, 1.54) is 6.33 Å². The van der Waals surface area contributed by atoms with Gasteiger partial charge in [0.05, 0.1) is 12.6 Å². The summed E-state index contributed by atoms with van der Waals surface area (Å²) < 4.78 is 13.4. The minimum Gasteiger partial charge on any atom is -0.350 e. The van der Waals surface area contributed by atoms with Gasteiger partial charge in [-0.25, -0.2) is 9.67 Å². The maximum absolute atomic E-state index is 6.30. The molecule has 1 aliphatic rings. The summed E-state index contributed by atoms with van der Waals surface area (Å²) in [6, 6.07) is 5.49. The van der Waals surface area contributed by atoms with Crippen LogP contribution < -0.4 is 0 Å². The van der Waals surface area contributed by atoms with Crippen LogP contribution in [0.2, 0.25) is 10.0 Å². The molecule has 0 N–H and O–H groups in total. The minimum atomic E-state index is -0.156. The van der Waals surface area contributed by atoms with E-state index in [2.05, 4.69) is 10.1 Å². The van der Waals surface area contributed by atoms with Gasteiger partial charge in [0.1, 0.15) is 18.8 Å². The molecule has 1 saturated heterocycles. The summed E-state index contributed by atoms with van der Waals surface area (Å²) in [5, 5.41) is 5.52. The zero-order valence-electron chi connectivity index (χ0n) is 12.2. The molecule has 2 aromatic rings. The third kappa shape index (κ3) is 3.43. The molecule has 0 aliphatic carbocycles. The van der Waals surface area contributed by atoms with Crippen LogP contribution in [-0.4, -0.2) is 33.8 Å². The fourth-order valence-electron chi connectivity index (χ4n) is 2.59. The molecule has 3 unspecified atom stereocenters. The molecule has 1 aromatic heterocycles. The van der Waals surface area contributed by atoms with E-state index in [1.807, 2.05) is 19.1 Å². The first-order valence-corrected chi connectivity index (χ1v) is 7.98. The molecular formula is C15H17Cl2N3O2. The van der Waals surface area contributed by atoms with Crippen LogP contribution in [0.5, 0.6) is 0 Å². The summed E-state index contributed by atoms with van der Waals surface area (Å²) in [7, 11) is 0. The van der Waals surface area contributed by atoms with Gasteiger partial charge in [-0.1, -0.05) is 36.2 Å². The highest BCUT2D eigenvalue weighted by Gasteiger charge is 2.33. The molecule has 0 spiro atoms. The number of rotatable bonds is 5. The Bertz CT molecular complexity index is 621. The third-order valence-electron chi connectivity index (χ3n) is 3.76. The van der Waals surface area contributed by atoms with E-state index in [0.29, 0.717) is 23.1 Å². The monoisotopic (exact) mass is 341 g/mol. The highest BCUT2D eigenvalue weighted by Crippen LogP contribution is 2.30. The van der Waals surface area contributed by atoms with Gasteiger partial charge in [0.2, 0.25) is 0 Å². The van der Waals surface area contributed by atoms with E-state index in [4.69, 9.17) is 32.7 Å². The van der Waals surface area contributed by atoms with Gasteiger partial charge in [-0.2, -0.15) is 5.10 Å². The second-order valence-electron chi connectivity index (χ2n) is 5.23. The summed E-state index contributed by atoms with van der Waals surface area (Å²) in [6.45, 7) is 2.57. The first kappa shape index (κ1) is 15.7. The zero-order chi connectivity index (χ0) is 15.5. The van der Waals surface area contributed by atoms with Crippen molar-refractivity contribution in [2.45, 2.75) is 38.2 Å². The summed E-state index contributed by atoms with van der Waals surface area (Å²) in [6.07, 6.45) is 4.46. The molecule has 0 radical (unpaired) electrons. The topological polar surface area (TPSA) is 49.2 Å². The quantitative estimate of drug-likeness (QED) is 0.834. The van der Waals surface area contributed by atoms with Crippen molar-refractivity contribution in [3.8, 4) is 0 Å². The Labute approximate surface area is 139 Å². The normalized spacial score (nSPS) is 22.9. The molecule has 1 aliphatic heterocycles. The number of halogens is 2. The molecule has 118 valence electrons. The average molecular weight is 342 g/mol. The van der Waals surface area contributed by atoms with Crippen molar-refractivity contribution < 1.29 is 9.47 Å². The summed E-state index contributed by atoms with van der Waals surface area (Å²) in [5.74, 6) is 0. The average Bonchev–Trinajstić information content (AvgIpc) is 3.18. The Morgan fingerprint density at radius 2 is 2.27 bits per heavy atom. The van der Waals surface area contributed by atoms with Gasteiger partial charge < -0.3 is 9.47 Å². The van der Waals surface area contributed by atoms with Gasteiger partial charge in [0.25, 0.3) is 0 Å². The lowest BCUT2D eigenvalue weighted by Gasteiger charge is -2.23. The number of aromatic nitrogens is 3. The first-order chi connectivity index (χ1) is 10.7. The van der Waals surface area contributed by atoms with Gasteiger partial charge in [0.15, 0.2) is 6.29 Å². The Morgan fingerprint density at radius 1 is 1.41 bits per heavy atom. The van der Waals surface area contributed by atoms with Crippen LogP contribution in [0, 0.1) is 0 Å². The van der Waals surface area contributed by atoms with Crippen LogP contribution in [0.3, 0.4) is 0 Å². The maximum atomic E-state index is 6.30. The maximum Gasteiger partial charge on any atom is 0.158 e. The van der Waals surface area contributed by atoms with Gasteiger partial charge in [-0.15, -0.1) is 0 Å². The Morgan fingerprint density at radius 3 is 2.91 bits per heavy atom. The molecule has 22 heavy (non-hydrogen) atoms. The lowest BCUT2D eigenvalue weighted by atomic mass is 10.0. The highest BCUT2D eigenvalue weighted by molar-refractivity contribution is 6.35. The molecular weight excluding hydrogens is 325 g/mol. The van der Waals surface area contributed by atoms with Crippen LogP contribution in [-0.2, 0) is 15.9 Å². The largest absolute Gasteiger partial charge is 0.350 e. The lowest BCUT2D eigenvalue weighted by Crippen LogP contribution is -2.29. The molecule has 7 heteroatoms. The predicted octanol–water partition coefficient (Wildman–Crippen LogP) is 3.52. The smallest absolute Gasteiger partial charge is 0.158 e. The SMILES string of the molecule is CCC1OCC(C(Cc2ccc(Cl)cc2Cl)n2cncn2)O1. The van der Waals surface area contributed by atoms with Crippen molar-refractivity contribution in [3.05, 3.63) is 46.5 Å². The van der Waals surface area contributed by atoms with Crippen molar-refractivity contribution in [3.63, 3.8) is 0 Å². The molecule has 2 heterocycles. The van der Waals surface area contributed by atoms with E-state index in [0.717, 1.165) is 12.0 Å². The van der Waals surface area contributed by atoms with Crippen molar-refractivity contribution in [2.24, 2.45) is 0 Å². The molecule has 3 atom stereocenters. The molecule has 5 nitrogen and oxygen atoms in total. The minimum absolute atomic E-state index is 0.0299. The van der Waals surface area contributed by atoms with Crippen LogP contribution in [0.15, 0.2) is 30.9 Å². The highest BCUT2D eigenvalue weighted by atomic mass is 35.5. The van der Waals surface area contributed by atoms with Gasteiger partial charge in [-0.3, -0.25) is 0 Å². The van der Waals surface area contributed by atoms with Crippen LogP contribution in [0.1, 0.15) is 24.9 Å². The number of ether oxygens (including phenoxy) is 2. The summed E-state index contributed by atoms with van der Waals surface area (Å²) >= 11 is 12.3. The summed E-state index contributed by atoms with van der Waals surface area (Å²) in [4.78, 5) is 4.03. The molecule has 1 fully saturated rings. The zero-order valence-corrected chi connectivity index (χ0v) is 13.7. The van der Waals surface area contributed by atoms with Crippen molar-refractivity contribution in [2.75, 3.05) is 6.61 Å². The van der Waals surface area contributed by atoms with Gasteiger partial charge >= 0.3 is 0 Å². The second kappa shape index (κ2) is 6.96. The number of nitrogens with zero attached hydrogens (tertiary/aromatic N) is 3. The van der Waals surface area contributed by atoms with Gasteiger partial charge in [0, 0.05) is 10.0 Å². The van der Waals surface area contributed by atoms with Crippen LogP contribution in [0.4, 0.5) is 0 Å². The number of hydrogen-bond donors (Lipinski definition) is 0. The van der Waals surface area contributed by atoms with E-state index < -0.39 is 0 Å². The molecule has 0 bridgehead atoms. The molecule has 0 amide bonds. The fourth-order valence-corrected chi connectivity index (χ4v) is 3.07. The van der Waals surface area contributed by atoms with E-state index >= 15 is 0 Å². The Balaban J connectivity index is 1.83. The number of benzene rings is 1. The molecule has 0 saturated carbocycles. The number of hydrogen-bond acceptors (Lipinski definition) is 4.